The summed E-state index contributed by atoms with van der Waals surface area (Å²) in [4.78, 5) is 3.04. The molecule has 0 saturated carbocycles. The largest absolute Gasteiger partial charge is 0.397 e. The van der Waals surface area contributed by atoms with Crippen molar-refractivity contribution in [2.24, 2.45) is 0 Å². The van der Waals surface area contributed by atoms with E-state index in [-0.39, 0.29) is 6.61 Å². The van der Waals surface area contributed by atoms with E-state index in [0.717, 1.165) is 16.6 Å². The van der Waals surface area contributed by atoms with Crippen LogP contribution in [0, 0.1) is 0 Å². The number of aliphatic hydroxyl groups excluding tert-OH is 1. The minimum Gasteiger partial charge on any atom is -0.397 e. The number of benzene rings is 1. The third-order valence-electron chi connectivity index (χ3n) is 1.91. The van der Waals surface area contributed by atoms with Crippen LogP contribution >= 0.6 is 0 Å². The van der Waals surface area contributed by atoms with Crippen LogP contribution < -0.4 is 5.73 Å². The Morgan fingerprint density at radius 3 is 2.92 bits per heavy atom. The fraction of sp³-hybridized carbons (Fsp3) is 0.111. The van der Waals surface area contributed by atoms with Crippen LogP contribution in [0.25, 0.3) is 10.9 Å². The molecule has 0 unspecified atom stereocenters. The van der Waals surface area contributed by atoms with Crippen molar-refractivity contribution in [1.82, 2.24) is 4.98 Å². The molecule has 2 aromatic rings. The molecule has 0 aliphatic rings. The lowest BCUT2D eigenvalue weighted by Crippen LogP contribution is -1.85. The highest BCUT2D eigenvalue weighted by atomic mass is 16.3. The van der Waals surface area contributed by atoms with E-state index in [1.54, 1.807) is 0 Å². The number of aromatic nitrogens is 1. The van der Waals surface area contributed by atoms with Gasteiger partial charge in [0.25, 0.3) is 0 Å². The van der Waals surface area contributed by atoms with Crippen molar-refractivity contribution in [3.63, 3.8) is 0 Å². The molecular weight excluding hydrogens is 152 g/mol. The summed E-state index contributed by atoms with van der Waals surface area (Å²) in [6.45, 7) is 0.0219. The number of H-pyrrole nitrogens is 1. The number of rotatable bonds is 1. The van der Waals surface area contributed by atoms with Gasteiger partial charge in [0, 0.05) is 11.1 Å². The molecule has 0 bridgehead atoms. The molecule has 62 valence electrons. The molecule has 3 heteroatoms. The van der Waals surface area contributed by atoms with E-state index in [0.29, 0.717) is 5.69 Å². The Hall–Kier alpha value is -1.48. The van der Waals surface area contributed by atoms with Crippen molar-refractivity contribution in [2.45, 2.75) is 6.61 Å². The zero-order valence-corrected chi connectivity index (χ0v) is 6.54. The number of hydrogen-bond acceptors (Lipinski definition) is 2. The van der Waals surface area contributed by atoms with Crippen molar-refractivity contribution in [1.29, 1.82) is 0 Å². The summed E-state index contributed by atoms with van der Waals surface area (Å²) >= 11 is 0. The van der Waals surface area contributed by atoms with Crippen LogP contribution in [0.1, 0.15) is 5.69 Å². The first-order valence-corrected chi connectivity index (χ1v) is 3.78. The van der Waals surface area contributed by atoms with Gasteiger partial charge in [0.2, 0.25) is 0 Å². The smallest absolute Gasteiger partial charge is 0.0831 e. The minimum atomic E-state index is 0.0219. The molecule has 1 heterocycles. The van der Waals surface area contributed by atoms with Crippen molar-refractivity contribution in [3.8, 4) is 0 Å². The molecule has 12 heavy (non-hydrogen) atoms. The number of para-hydroxylation sites is 1. The molecule has 0 saturated heterocycles. The van der Waals surface area contributed by atoms with E-state index in [1.807, 2.05) is 24.3 Å². The molecule has 0 atom stereocenters. The van der Waals surface area contributed by atoms with Crippen LogP contribution in [0.4, 0.5) is 5.69 Å². The maximum Gasteiger partial charge on any atom is 0.0831 e. The highest BCUT2D eigenvalue weighted by molar-refractivity contribution is 5.90. The van der Waals surface area contributed by atoms with Gasteiger partial charge < -0.3 is 15.8 Å². The second-order valence-electron chi connectivity index (χ2n) is 2.76. The molecule has 0 radical (unpaired) electrons. The Morgan fingerprint density at radius 2 is 2.25 bits per heavy atom. The zero-order valence-electron chi connectivity index (χ0n) is 6.54. The molecule has 0 aliphatic heterocycles. The van der Waals surface area contributed by atoms with Crippen LogP contribution in [0.3, 0.4) is 0 Å². The second-order valence-corrected chi connectivity index (χ2v) is 2.76. The molecule has 0 fully saturated rings. The summed E-state index contributed by atoms with van der Waals surface area (Å²) in [5, 5.41) is 9.90. The van der Waals surface area contributed by atoms with Gasteiger partial charge in [-0.2, -0.15) is 0 Å². The summed E-state index contributed by atoms with van der Waals surface area (Å²) in [6.07, 6.45) is 0. The Bertz CT molecular complexity index is 406. The summed E-state index contributed by atoms with van der Waals surface area (Å²) in [7, 11) is 0. The molecule has 1 aromatic heterocycles. The van der Waals surface area contributed by atoms with Crippen LogP contribution in [-0.2, 0) is 6.61 Å². The highest BCUT2D eigenvalue weighted by Gasteiger charge is 2.00. The Kier molecular flexibility index (Phi) is 1.52. The summed E-state index contributed by atoms with van der Waals surface area (Å²) in [6, 6.07) is 7.58. The summed E-state index contributed by atoms with van der Waals surface area (Å²) in [5.74, 6) is 0. The van der Waals surface area contributed by atoms with Gasteiger partial charge in [0.05, 0.1) is 17.8 Å². The summed E-state index contributed by atoms with van der Waals surface area (Å²) < 4.78 is 0. The van der Waals surface area contributed by atoms with E-state index < -0.39 is 0 Å². The van der Waals surface area contributed by atoms with Crippen LogP contribution in [0.15, 0.2) is 24.3 Å². The van der Waals surface area contributed by atoms with E-state index in [4.69, 9.17) is 10.8 Å². The number of aromatic amines is 1. The maximum absolute atomic E-state index is 8.86. The summed E-state index contributed by atoms with van der Waals surface area (Å²) in [5.41, 5.74) is 8.12. The maximum atomic E-state index is 8.86. The Balaban J connectivity index is 2.74. The molecule has 0 amide bonds. The number of nitrogens with two attached hydrogens (primary N) is 1. The van der Waals surface area contributed by atoms with Gasteiger partial charge in [-0.15, -0.1) is 0 Å². The topological polar surface area (TPSA) is 62.0 Å². The fourth-order valence-corrected chi connectivity index (χ4v) is 1.32. The number of aliphatic hydroxyl groups is 1. The van der Waals surface area contributed by atoms with Crippen molar-refractivity contribution in [2.75, 3.05) is 5.73 Å². The standard InChI is InChI=1S/C9H10N2O/c10-8-3-1-2-6-4-7(5-12)11-9(6)8/h1-4,11-12H,5,10H2. The normalized spacial score (nSPS) is 10.8. The van der Waals surface area contributed by atoms with Gasteiger partial charge >= 0.3 is 0 Å². The quantitative estimate of drug-likeness (QED) is 0.552. The van der Waals surface area contributed by atoms with E-state index in [9.17, 15) is 0 Å². The number of fused-ring (bicyclic) bond motifs is 1. The number of nitrogen functional groups attached to an aromatic ring is 1. The third kappa shape index (κ3) is 0.950. The lowest BCUT2D eigenvalue weighted by Gasteiger charge is -1.93. The van der Waals surface area contributed by atoms with E-state index >= 15 is 0 Å². The molecule has 4 N–H and O–H groups in total. The zero-order chi connectivity index (χ0) is 8.55. The fourth-order valence-electron chi connectivity index (χ4n) is 1.32. The molecule has 1 aromatic carbocycles. The van der Waals surface area contributed by atoms with Gasteiger partial charge in [-0.3, -0.25) is 0 Å². The average molecular weight is 162 g/mol. The van der Waals surface area contributed by atoms with Crippen LogP contribution in [-0.4, -0.2) is 10.1 Å². The second kappa shape index (κ2) is 2.53. The SMILES string of the molecule is Nc1cccc2cc(CO)[nH]c12. The lowest BCUT2D eigenvalue weighted by atomic mass is 10.2. The van der Waals surface area contributed by atoms with Gasteiger partial charge in [-0.1, -0.05) is 12.1 Å². The average Bonchev–Trinajstić information content (AvgIpc) is 2.49. The number of hydrogen-bond donors (Lipinski definition) is 3. The van der Waals surface area contributed by atoms with Crippen molar-refractivity contribution in [3.05, 3.63) is 30.0 Å². The van der Waals surface area contributed by atoms with Crippen molar-refractivity contribution < 1.29 is 5.11 Å². The molecule has 2 rings (SSSR count). The third-order valence-corrected chi connectivity index (χ3v) is 1.91. The molecule has 3 nitrogen and oxygen atoms in total. The molecular formula is C9H10N2O. The molecule has 0 aliphatic carbocycles. The number of nitrogens with one attached hydrogen (secondary N) is 1. The Labute approximate surface area is 69.8 Å². The first-order valence-electron chi connectivity index (χ1n) is 3.78. The first kappa shape index (κ1) is 7.18. The predicted molar refractivity (Wildman–Crippen MR) is 48.6 cm³/mol. The first-order chi connectivity index (χ1) is 5.81. The monoisotopic (exact) mass is 162 g/mol. The lowest BCUT2D eigenvalue weighted by molar-refractivity contribution is 0.278. The highest BCUT2D eigenvalue weighted by Crippen LogP contribution is 2.20. The minimum absolute atomic E-state index is 0.0219. The van der Waals surface area contributed by atoms with Gasteiger partial charge in [0.15, 0.2) is 0 Å². The van der Waals surface area contributed by atoms with Gasteiger partial charge in [0.1, 0.15) is 0 Å². The van der Waals surface area contributed by atoms with E-state index in [2.05, 4.69) is 4.98 Å². The van der Waals surface area contributed by atoms with E-state index in [1.165, 1.54) is 0 Å². The van der Waals surface area contributed by atoms with Crippen molar-refractivity contribution >= 4 is 16.6 Å². The van der Waals surface area contributed by atoms with Crippen LogP contribution in [0.2, 0.25) is 0 Å². The molecule has 0 spiro atoms. The predicted octanol–water partition coefficient (Wildman–Crippen LogP) is 1.24. The van der Waals surface area contributed by atoms with Crippen LogP contribution in [0.5, 0.6) is 0 Å². The Morgan fingerprint density at radius 1 is 1.42 bits per heavy atom. The van der Waals surface area contributed by atoms with Gasteiger partial charge in [-0.25, -0.2) is 0 Å². The number of anilines is 1. The van der Waals surface area contributed by atoms with Gasteiger partial charge in [-0.05, 0) is 12.1 Å².